The van der Waals surface area contributed by atoms with Crippen LogP contribution >= 0.6 is 0 Å². The van der Waals surface area contributed by atoms with Gasteiger partial charge in [0.05, 0.1) is 7.11 Å². The van der Waals surface area contributed by atoms with Gasteiger partial charge in [-0.15, -0.1) is 0 Å². The van der Waals surface area contributed by atoms with Crippen LogP contribution < -0.4 is 5.32 Å². The summed E-state index contributed by atoms with van der Waals surface area (Å²) in [6.45, 7) is 18.2. The third-order valence-electron chi connectivity index (χ3n) is 3.75. The van der Waals surface area contributed by atoms with E-state index in [4.69, 9.17) is 4.74 Å². The van der Waals surface area contributed by atoms with Gasteiger partial charge in [-0.1, -0.05) is 13.8 Å². The standard InChI is InChI=1S/C17H36N2O2/c1-12(2)11-19(14(5)6)15(7)10-17(8,16(20)21-9)18-13(3)4/h12-15,18H,10-11H2,1-9H3. The number of hydrogen-bond acceptors (Lipinski definition) is 4. The zero-order valence-corrected chi connectivity index (χ0v) is 15.5. The molecule has 2 unspecified atom stereocenters. The Balaban J connectivity index is 5.08. The van der Waals surface area contributed by atoms with Gasteiger partial charge in [0, 0.05) is 24.7 Å². The fraction of sp³-hybridized carbons (Fsp3) is 0.941. The van der Waals surface area contributed by atoms with Gasteiger partial charge in [-0.05, 0) is 53.9 Å². The van der Waals surface area contributed by atoms with E-state index >= 15 is 0 Å². The number of methoxy groups -OCH3 is 1. The Morgan fingerprint density at radius 2 is 1.67 bits per heavy atom. The first-order chi connectivity index (χ1) is 9.53. The third kappa shape index (κ3) is 6.79. The van der Waals surface area contributed by atoms with E-state index in [1.54, 1.807) is 0 Å². The first-order valence-electron chi connectivity index (χ1n) is 8.15. The lowest BCUT2D eigenvalue weighted by Crippen LogP contribution is -2.57. The third-order valence-corrected chi connectivity index (χ3v) is 3.75. The molecule has 0 aromatic carbocycles. The second kappa shape index (κ2) is 8.74. The Hall–Kier alpha value is -0.610. The van der Waals surface area contributed by atoms with Gasteiger partial charge in [-0.25, -0.2) is 0 Å². The van der Waals surface area contributed by atoms with Crippen LogP contribution in [-0.2, 0) is 9.53 Å². The van der Waals surface area contributed by atoms with Crippen molar-refractivity contribution in [2.24, 2.45) is 5.92 Å². The van der Waals surface area contributed by atoms with Crippen LogP contribution in [0.25, 0.3) is 0 Å². The SMILES string of the molecule is COC(=O)C(C)(CC(C)N(CC(C)C)C(C)C)NC(C)C. The van der Waals surface area contributed by atoms with Crippen LogP contribution in [0.2, 0.25) is 0 Å². The monoisotopic (exact) mass is 300 g/mol. The topological polar surface area (TPSA) is 41.6 Å². The van der Waals surface area contributed by atoms with Gasteiger partial charge in [0.1, 0.15) is 5.54 Å². The summed E-state index contributed by atoms with van der Waals surface area (Å²) in [5.74, 6) is 0.425. The summed E-state index contributed by atoms with van der Waals surface area (Å²) < 4.78 is 5.02. The van der Waals surface area contributed by atoms with E-state index < -0.39 is 5.54 Å². The van der Waals surface area contributed by atoms with Crippen molar-refractivity contribution in [3.05, 3.63) is 0 Å². The van der Waals surface area contributed by atoms with E-state index in [-0.39, 0.29) is 12.0 Å². The lowest BCUT2D eigenvalue weighted by molar-refractivity contribution is -0.149. The van der Waals surface area contributed by atoms with E-state index in [1.807, 2.05) is 6.92 Å². The minimum Gasteiger partial charge on any atom is -0.468 e. The summed E-state index contributed by atoms with van der Waals surface area (Å²) in [5, 5.41) is 3.38. The van der Waals surface area contributed by atoms with Crippen LogP contribution in [0.4, 0.5) is 0 Å². The maximum atomic E-state index is 12.2. The summed E-state index contributed by atoms with van der Waals surface area (Å²) in [7, 11) is 1.46. The molecule has 0 amide bonds. The van der Waals surface area contributed by atoms with Crippen LogP contribution in [0.15, 0.2) is 0 Å². The molecule has 0 aromatic heterocycles. The molecule has 4 heteroatoms. The highest BCUT2D eigenvalue weighted by atomic mass is 16.5. The molecular weight excluding hydrogens is 264 g/mol. The van der Waals surface area contributed by atoms with Gasteiger partial charge in [-0.2, -0.15) is 0 Å². The van der Waals surface area contributed by atoms with Gasteiger partial charge in [-0.3, -0.25) is 15.0 Å². The lowest BCUT2D eigenvalue weighted by Gasteiger charge is -2.39. The zero-order valence-electron chi connectivity index (χ0n) is 15.5. The van der Waals surface area contributed by atoms with Crippen LogP contribution in [-0.4, -0.2) is 48.2 Å². The zero-order chi connectivity index (χ0) is 16.8. The van der Waals surface area contributed by atoms with Crippen LogP contribution in [0.3, 0.4) is 0 Å². The van der Waals surface area contributed by atoms with Crippen molar-refractivity contribution in [2.45, 2.75) is 85.5 Å². The molecule has 0 aromatic rings. The van der Waals surface area contributed by atoms with E-state index in [9.17, 15) is 4.79 Å². The molecule has 0 aliphatic rings. The number of ether oxygens (including phenoxy) is 1. The molecule has 126 valence electrons. The van der Waals surface area contributed by atoms with Crippen molar-refractivity contribution < 1.29 is 9.53 Å². The lowest BCUT2D eigenvalue weighted by atomic mass is 9.91. The van der Waals surface area contributed by atoms with Crippen LogP contribution in [0.5, 0.6) is 0 Å². The molecule has 0 fully saturated rings. The summed E-state index contributed by atoms with van der Waals surface area (Å²) in [5.41, 5.74) is -0.646. The molecule has 0 saturated heterocycles. The number of esters is 1. The van der Waals surface area contributed by atoms with Crippen molar-refractivity contribution in [2.75, 3.05) is 13.7 Å². The molecule has 21 heavy (non-hydrogen) atoms. The fourth-order valence-electron chi connectivity index (χ4n) is 3.09. The molecule has 4 nitrogen and oxygen atoms in total. The molecule has 0 heterocycles. The van der Waals surface area contributed by atoms with Gasteiger partial charge in [0.25, 0.3) is 0 Å². The second-order valence-corrected chi connectivity index (χ2v) is 7.36. The molecule has 0 saturated carbocycles. The number of rotatable bonds is 9. The number of hydrogen-bond donors (Lipinski definition) is 1. The molecule has 0 rings (SSSR count). The molecule has 0 aliphatic carbocycles. The average molecular weight is 300 g/mol. The maximum Gasteiger partial charge on any atom is 0.325 e. The summed E-state index contributed by atoms with van der Waals surface area (Å²) >= 11 is 0. The van der Waals surface area contributed by atoms with Crippen molar-refractivity contribution in [3.8, 4) is 0 Å². The van der Waals surface area contributed by atoms with E-state index in [2.05, 4.69) is 58.7 Å². The highest BCUT2D eigenvalue weighted by Gasteiger charge is 2.37. The van der Waals surface area contributed by atoms with Gasteiger partial charge in [0.2, 0.25) is 0 Å². The predicted octanol–water partition coefficient (Wildman–Crippen LogP) is 3.06. The second-order valence-electron chi connectivity index (χ2n) is 7.36. The maximum absolute atomic E-state index is 12.2. The fourth-order valence-corrected chi connectivity index (χ4v) is 3.09. The molecule has 2 atom stereocenters. The summed E-state index contributed by atoms with van der Waals surface area (Å²) in [6.07, 6.45) is 0.739. The Kier molecular flexibility index (Phi) is 8.49. The Labute approximate surface area is 131 Å². The first-order valence-corrected chi connectivity index (χ1v) is 8.15. The van der Waals surface area contributed by atoms with Crippen LogP contribution in [0.1, 0.15) is 61.8 Å². The molecule has 0 aliphatic heterocycles. The van der Waals surface area contributed by atoms with Crippen molar-refractivity contribution in [3.63, 3.8) is 0 Å². The first kappa shape index (κ1) is 20.4. The Morgan fingerprint density at radius 3 is 2.00 bits per heavy atom. The predicted molar refractivity (Wildman–Crippen MR) is 89.5 cm³/mol. The summed E-state index contributed by atoms with van der Waals surface area (Å²) in [6, 6.07) is 1.00. The molecule has 1 N–H and O–H groups in total. The average Bonchev–Trinajstić information content (AvgIpc) is 2.32. The number of nitrogens with zero attached hydrogens (tertiary/aromatic N) is 1. The minimum absolute atomic E-state index is 0.184. The van der Waals surface area contributed by atoms with Gasteiger partial charge < -0.3 is 4.74 Å². The highest BCUT2D eigenvalue weighted by Crippen LogP contribution is 2.21. The number of carbonyl (C=O) groups is 1. The Bertz CT molecular complexity index is 316. The highest BCUT2D eigenvalue weighted by molar-refractivity contribution is 5.80. The minimum atomic E-state index is -0.646. The summed E-state index contributed by atoms with van der Waals surface area (Å²) in [4.78, 5) is 14.7. The van der Waals surface area contributed by atoms with E-state index in [1.165, 1.54) is 7.11 Å². The van der Waals surface area contributed by atoms with Crippen molar-refractivity contribution in [1.29, 1.82) is 0 Å². The largest absolute Gasteiger partial charge is 0.468 e. The van der Waals surface area contributed by atoms with E-state index in [0.29, 0.717) is 18.0 Å². The quantitative estimate of drug-likeness (QED) is 0.665. The smallest absolute Gasteiger partial charge is 0.325 e. The normalized spacial score (nSPS) is 16.6. The van der Waals surface area contributed by atoms with E-state index in [0.717, 1.165) is 13.0 Å². The molecule has 0 spiro atoms. The van der Waals surface area contributed by atoms with Gasteiger partial charge >= 0.3 is 5.97 Å². The molecule has 0 bridgehead atoms. The van der Waals surface area contributed by atoms with Crippen molar-refractivity contribution in [1.82, 2.24) is 10.2 Å². The molecular formula is C17H36N2O2. The number of nitrogens with one attached hydrogen (secondary N) is 1. The number of carbonyl (C=O) groups excluding carboxylic acids is 1. The van der Waals surface area contributed by atoms with Crippen LogP contribution in [0, 0.1) is 5.92 Å². The Morgan fingerprint density at radius 1 is 1.14 bits per heavy atom. The van der Waals surface area contributed by atoms with Crippen molar-refractivity contribution >= 4 is 5.97 Å². The molecule has 0 radical (unpaired) electrons. The van der Waals surface area contributed by atoms with Gasteiger partial charge in [0.15, 0.2) is 0 Å².